The van der Waals surface area contributed by atoms with Gasteiger partial charge in [-0.25, -0.2) is 0 Å². The van der Waals surface area contributed by atoms with Crippen LogP contribution in [0.2, 0.25) is 5.31 Å². The van der Waals surface area contributed by atoms with E-state index in [1.54, 1.807) is 0 Å². The molecule has 1 saturated carbocycles. The van der Waals surface area contributed by atoms with Crippen LogP contribution in [0.3, 0.4) is 0 Å². The van der Waals surface area contributed by atoms with Crippen molar-refractivity contribution in [2.24, 2.45) is 0 Å². The molecule has 3 rings (SSSR count). The first-order chi connectivity index (χ1) is 8.80. The van der Waals surface area contributed by atoms with Gasteiger partial charge in [0.25, 0.3) is 0 Å². The second-order valence-electron chi connectivity index (χ2n) is 5.76. The van der Waals surface area contributed by atoms with E-state index in [9.17, 15) is 0 Å². The fourth-order valence-corrected chi connectivity index (χ4v) is 3.31. The summed E-state index contributed by atoms with van der Waals surface area (Å²) in [5.41, 5.74) is 2.93. The Bertz CT molecular complexity index is 460. The molecule has 0 aliphatic heterocycles. The summed E-state index contributed by atoms with van der Waals surface area (Å²) in [5.74, 6) is 0.550. The van der Waals surface area contributed by atoms with Crippen molar-refractivity contribution in [1.29, 1.82) is 0 Å². The van der Waals surface area contributed by atoms with E-state index in [0.29, 0.717) is 11.2 Å². The number of hydrogen-bond acceptors (Lipinski definition) is 0. The van der Waals surface area contributed by atoms with Crippen LogP contribution in [-0.4, -0.2) is 7.85 Å². The van der Waals surface area contributed by atoms with Crippen LogP contribution in [0.25, 0.3) is 0 Å². The highest BCUT2D eigenvalue weighted by molar-refractivity contribution is 6.16. The third kappa shape index (κ3) is 1.99. The van der Waals surface area contributed by atoms with Gasteiger partial charge in [0.1, 0.15) is 7.85 Å². The van der Waals surface area contributed by atoms with Gasteiger partial charge in [0.15, 0.2) is 0 Å². The van der Waals surface area contributed by atoms with Crippen molar-refractivity contribution >= 4 is 7.85 Å². The van der Waals surface area contributed by atoms with Gasteiger partial charge in [-0.05, 0) is 16.4 Å². The fraction of sp³-hybridized carbons (Fsp3) is 0.294. The lowest BCUT2D eigenvalue weighted by Gasteiger charge is -2.46. The van der Waals surface area contributed by atoms with Crippen molar-refractivity contribution in [2.75, 3.05) is 0 Å². The van der Waals surface area contributed by atoms with Crippen LogP contribution in [0.1, 0.15) is 36.3 Å². The molecule has 0 nitrogen and oxygen atoms in total. The molecule has 0 aromatic heterocycles. The van der Waals surface area contributed by atoms with E-state index in [-0.39, 0.29) is 0 Å². The summed E-state index contributed by atoms with van der Waals surface area (Å²) in [7, 11) is 2.45. The van der Waals surface area contributed by atoms with Crippen LogP contribution in [-0.2, 0) is 0 Å². The van der Waals surface area contributed by atoms with E-state index >= 15 is 0 Å². The Balaban J connectivity index is 2.05. The predicted molar refractivity (Wildman–Crippen MR) is 79.8 cm³/mol. The van der Waals surface area contributed by atoms with Gasteiger partial charge in [0, 0.05) is 5.92 Å². The second-order valence-corrected chi connectivity index (χ2v) is 5.76. The quantitative estimate of drug-likeness (QED) is 0.708. The Morgan fingerprint density at radius 3 is 1.56 bits per heavy atom. The van der Waals surface area contributed by atoms with Crippen LogP contribution in [0.5, 0.6) is 0 Å². The Hall–Kier alpha value is -1.50. The van der Waals surface area contributed by atoms with Crippen molar-refractivity contribution in [3.8, 4) is 0 Å². The second kappa shape index (κ2) is 4.64. The molecule has 2 aromatic carbocycles. The zero-order chi connectivity index (χ0) is 12.4. The van der Waals surface area contributed by atoms with Crippen molar-refractivity contribution in [3.05, 3.63) is 71.8 Å². The minimum absolute atomic E-state index is 0.447. The molecule has 1 fully saturated rings. The van der Waals surface area contributed by atoms with Crippen LogP contribution in [0.15, 0.2) is 60.7 Å². The minimum Gasteiger partial charge on any atom is -0.0622 e. The van der Waals surface area contributed by atoms with Gasteiger partial charge in [0.2, 0.25) is 0 Å². The van der Waals surface area contributed by atoms with Gasteiger partial charge in [-0.1, -0.05) is 79.9 Å². The molecule has 0 saturated heterocycles. The maximum absolute atomic E-state index is 2.45. The average Bonchev–Trinajstić information content (AvgIpc) is 2.40. The van der Waals surface area contributed by atoms with E-state index in [4.69, 9.17) is 0 Å². The zero-order valence-electron chi connectivity index (χ0n) is 11.0. The summed E-state index contributed by atoms with van der Waals surface area (Å²) in [4.78, 5) is 0. The Morgan fingerprint density at radius 1 is 0.778 bits per heavy atom. The summed E-state index contributed by atoms with van der Waals surface area (Å²) in [6.07, 6.45) is 4.08. The fourth-order valence-electron chi connectivity index (χ4n) is 3.31. The van der Waals surface area contributed by atoms with Crippen molar-refractivity contribution in [1.82, 2.24) is 0 Å². The molecule has 0 atom stereocenters. The highest BCUT2D eigenvalue weighted by Crippen LogP contribution is 2.57. The standard InChI is InChI=1S/C17H19B/c18-17(12-7-13-17)16(14-8-3-1-4-9-14)15-10-5-2-6-11-15/h1-6,8-11,16H,7,12-13,18H2. The molecule has 18 heavy (non-hydrogen) atoms. The number of hydrogen-bond donors (Lipinski definition) is 0. The van der Waals surface area contributed by atoms with Gasteiger partial charge in [-0.2, -0.15) is 0 Å². The first-order valence-electron chi connectivity index (χ1n) is 6.89. The first kappa shape index (κ1) is 11.6. The van der Waals surface area contributed by atoms with Crippen molar-refractivity contribution < 1.29 is 0 Å². The van der Waals surface area contributed by atoms with Crippen molar-refractivity contribution in [3.63, 3.8) is 0 Å². The van der Waals surface area contributed by atoms with E-state index in [1.165, 1.54) is 30.4 Å². The molecule has 0 bridgehead atoms. The molecule has 90 valence electrons. The molecule has 2 aromatic rings. The summed E-state index contributed by atoms with van der Waals surface area (Å²) < 4.78 is 0. The summed E-state index contributed by atoms with van der Waals surface area (Å²) in [6, 6.07) is 22.0. The Morgan fingerprint density at radius 2 is 1.22 bits per heavy atom. The SMILES string of the molecule is BC1(C(c2ccccc2)c2ccccc2)CCC1. The van der Waals surface area contributed by atoms with Crippen LogP contribution in [0, 0.1) is 0 Å². The topological polar surface area (TPSA) is 0 Å². The lowest BCUT2D eigenvalue weighted by molar-refractivity contribution is 0.308. The lowest BCUT2D eigenvalue weighted by Crippen LogP contribution is -2.30. The zero-order valence-corrected chi connectivity index (χ0v) is 11.0. The molecule has 1 aliphatic rings. The molecule has 0 amide bonds. The Labute approximate surface area is 110 Å². The van der Waals surface area contributed by atoms with E-state index in [2.05, 4.69) is 68.5 Å². The third-order valence-electron chi connectivity index (χ3n) is 4.46. The van der Waals surface area contributed by atoms with Gasteiger partial charge in [0.05, 0.1) is 0 Å². The van der Waals surface area contributed by atoms with Gasteiger partial charge < -0.3 is 0 Å². The maximum Gasteiger partial charge on any atom is 0.110 e. The molecule has 0 heterocycles. The van der Waals surface area contributed by atoms with Gasteiger partial charge in [-0.3, -0.25) is 0 Å². The molecule has 1 heteroatoms. The third-order valence-corrected chi connectivity index (χ3v) is 4.46. The molecule has 0 radical (unpaired) electrons. The maximum atomic E-state index is 2.45. The van der Waals surface area contributed by atoms with Crippen LogP contribution < -0.4 is 0 Å². The Kier molecular flexibility index (Phi) is 2.99. The van der Waals surface area contributed by atoms with Gasteiger partial charge >= 0.3 is 0 Å². The number of benzene rings is 2. The van der Waals surface area contributed by atoms with Gasteiger partial charge in [-0.15, -0.1) is 0 Å². The molecular weight excluding hydrogens is 215 g/mol. The average molecular weight is 234 g/mol. The monoisotopic (exact) mass is 234 g/mol. The normalized spacial score (nSPS) is 17.4. The smallest absolute Gasteiger partial charge is 0.0622 e. The molecule has 0 N–H and O–H groups in total. The summed E-state index contributed by atoms with van der Waals surface area (Å²) in [5, 5.41) is 0.447. The minimum atomic E-state index is 0.447. The van der Waals surface area contributed by atoms with Crippen molar-refractivity contribution in [2.45, 2.75) is 30.5 Å². The first-order valence-corrected chi connectivity index (χ1v) is 6.89. The van der Waals surface area contributed by atoms with E-state index in [1.807, 2.05) is 0 Å². The lowest BCUT2D eigenvalue weighted by atomic mass is 9.47. The largest absolute Gasteiger partial charge is 0.110 e. The van der Waals surface area contributed by atoms with E-state index in [0.717, 1.165) is 0 Å². The molecule has 1 aliphatic carbocycles. The molecule has 0 spiro atoms. The van der Waals surface area contributed by atoms with Crippen LogP contribution >= 0.6 is 0 Å². The molecular formula is C17H19B. The molecule has 0 unspecified atom stereocenters. The predicted octanol–water partition coefficient (Wildman–Crippen LogP) is 3.79. The number of rotatable bonds is 3. The van der Waals surface area contributed by atoms with E-state index < -0.39 is 0 Å². The summed E-state index contributed by atoms with van der Waals surface area (Å²) >= 11 is 0. The highest BCUT2D eigenvalue weighted by Gasteiger charge is 2.40. The van der Waals surface area contributed by atoms with Crippen LogP contribution in [0.4, 0.5) is 0 Å². The summed E-state index contributed by atoms with van der Waals surface area (Å²) in [6.45, 7) is 0. The highest BCUT2D eigenvalue weighted by atomic mass is 14.4.